The van der Waals surface area contributed by atoms with E-state index in [0.717, 1.165) is 37.7 Å². The molecule has 1 N–H and O–H groups in total. The third-order valence-electron chi connectivity index (χ3n) is 8.02. The van der Waals surface area contributed by atoms with Gasteiger partial charge < -0.3 is 5.11 Å². The minimum absolute atomic E-state index is 0.0735. The van der Waals surface area contributed by atoms with Crippen molar-refractivity contribution in [1.82, 2.24) is 0 Å². The number of ketones is 2. The Morgan fingerprint density at radius 2 is 2.00 bits per heavy atom. The van der Waals surface area contributed by atoms with Gasteiger partial charge in [-0.15, -0.1) is 0 Å². The van der Waals surface area contributed by atoms with Crippen LogP contribution in [0.5, 0.6) is 0 Å². The van der Waals surface area contributed by atoms with Gasteiger partial charge in [-0.1, -0.05) is 24.6 Å². The standard InChI is InChI=1S/C21H28O3/c1-12(22)16-6-7-17-15-5-4-13-10-14(23)8-9-20(13,2)18(15)11-19(24)21(16,17)3/h6-7,13,15,18-19,24H,4-5,8-11H2,1-3H3/t13?,15-,18-,19?,20-,21+/m0/s1. The van der Waals surface area contributed by atoms with Crippen LogP contribution in [0.2, 0.25) is 0 Å². The number of allylic oxidation sites excluding steroid dienone is 2. The first-order valence-electron chi connectivity index (χ1n) is 9.42. The van der Waals surface area contributed by atoms with E-state index >= 15 is 0 Å². The molecule has 0 aromatic rings. The number of hydrogen-bond acceptors (Lipinski definition) is 3. The second-order valence-electron chi connectivity index (χ2n) is 8.95. The molecule has 0 aromatic carbocycles. The summed E-state index contributed by atoms with van der Waals surface area (Å²) in [5.74, 6) is 1.83. The van der Waals surface area contributed by atoms with E-state index < -0.39 is 11.5 Å². The van der Waals surface area contributed by atoms with E-state index in [4.69, 9.17) is 0 Å². The van der Waals surface area contributed by atoms with E-state index in [2.05, 4.69) is 19.9 Å². The van der Waals surface area contributed by atoms with Crippen LogP contribution in [-0.2, 0) is 9.59 Å². The van der Waals surface area contributed by atoms with Gasteiger partial charge in [0.05, 0.1) is 6.10 Å². The summed E-state index contributed by atoms with van der Waals surface area (Å²) in [5, 5.41) is 11.1. The highest BCUT2D eigenvalue weighted by atomic mass is 16.3. The third kappa shape index (κ3) is 1.94. The van der Waals surface area contributed by atoms with Crippen LogP contribution in [0, 0.1) is 28.6 Å². The number of carbonyl (C=O) groups excluding carboxylic acids is 2. The molecule has 4 rings (SSSR count). The fourth-order valence-corrected chi connectivity index (χ4v) is 6.50. The van der Waals surface area contributed by atoms with Gasteiger partial charge in [-0.05, 0) is 62.7 Å². The molecule has 24 heavy (non-hydrogen) atoms. The van der Waals surface area contributed by atoms with Crippen molar-refractivity contribution in [3.8, 4) is 0 Å². The second kappa shape index (κ2) is 5.14. The predicted molar refractivity (Wildman–Crippen MR) is 92.2 cm³/mol. The van der Waals surface area contributed by atoms with Gasteiger partial charge in [-0.2, -0.15) is 0 Å². The zero-order valence-corrected chi connectivity index (χ0v) is 15.0. The highest BCUT2D eigenvalue weighted by molar-refractivity contribution is 5.97. The first-order valence-corrected chi connectivity index (χ1v) is 9.42. The molecule has 0 aromatic heterocycles. The van der Waals surface area contributed by atoms with Crippen LogP contribution < -0.4 is 0 Å². The molecule has 2 unspecified atom stereocenters. The second-order valence-corrected chi connectivity index (χ2v) is 8.95. The summed E-state index contributed by atoms with van der Waals surface area (Å²) >= 11 is 0. The van der Waals surface area contributed by atoms with E-state index in [1.165, 1.54) is 5.57 Å². The molecule has 0 spiro atoms. The van der Waals surface area contributed by atoms with Gasteiger partial charge in [0, 0.05) is 23.8 Å². The lowest BCUT2D eigenvalue weighted by molar-refractivity contribution is -0.134. The number of fused-ring (bicyclic) bond motifs is 5. The van der Waals surface area contributed by atoms with Gasteiger partial charge in [-0.25, -0.2) is 0 Å². The first-order chi connectivity index (χ1) is 11.3. The monoisotopic (exact) mass is 328 g/mol. The van der Waals surface area contributed by atoms with Crippen molar-refractivity contribution in [3.63, 3.8) is 0 Å². The van der Waals surface area contributed by atoms with Crippen LogP contribution in [0.3, 0.4) is 0 Å². The SMILES string of the molecule is CC(=O)C1=CC=C2[C@@H]3CCC4CC(=O)CC[C@]4(C)[C@H]3CC(O)[C@]12C. The lowest BCUT2D eigenvalue weighted by Crippen LogP contribution is -2.55. The molecule has 3 nitrogen and oxygen atoms in total. The largest absolute Gasteiger partial charge is 0.392 e. The minimum Gasteiger partial charge on any atom is -0.392 e. The van der Waals surface area contributed by atoms with Crippen LogP contribution in [0.1, 0.15) is 59.3 Å². The number of rotatable bonds is 1. The predicted octanol–water partition coefficient (Wildman–Crippen LogP) is 3.61. The number of aliphatic hydroxyl groups excluding tert-OH is 1. The highest BCUT2D eigenvalue weighted by Gasteiger charge is 2.59. The van der Waals surface area contributed by atoms with Crippen molar-refractivity contribution in [2.45, 2.75) is 65.4 Å². The van der Waals surface area contributed by atoms with E-state index in [1.807, 2.05) is 6.08 Å². The molecule has 0 radical (unpaired) electrons. The molecule has 0 aliphatic heterocycles. The number of carbonyl (C=O) groups is 2. The van der Waals surface area contributed by atoms with Gasteiger partial charge >= 0.3 is 0 Å². The zero-order chi connectivity index (χ0) is 17.3. The van der Waals surface area contributed by atoms with Crippen molar-refractivity contribution in [2.75, 3.05) is 0 Å². The van der Waals surface area contributed by atoms with Gasteiger partial charge in [-0.3, -0.25) is 9.59 Å². The maximum atomic E-state index is 12.1. The normalized spacial score (nSPS) is 47.2. The van der Waals surface area contributed by atoms with Crippen LogP contribution in [0.15, 0.2) is 23.3 Å². The van der Waals surface area contributed by atoms with E-state index in [9.17, 15) is 14.7 Å². The number of hydrogen-bond donors (Lipinski definition) is 1. The molecule has 0 heterocycles. The summed E-state index contributed by atoms with van der Waals surface area (Å²) in [7, 11) is 0. The molecular weight excluding hydrogens is 300 g/mol. The van der Waals surface area contributed by atoms with E-state index in [0.29, 0.717) is 30.0 Å². The quantitative estimate of drug-likeness (QED) is 0.800. The minimum atomic E-state index is -0.504. The van der Waals surface area contributed by atoms with Gasteiger partial charge in [0.1, 0.15) is 5.78 Å². The molecule has 3 saturated carbocycles. The first kappa shape index (κ1) is 16.3. The van der Waals surface area contributed by atoms with Crippen molar-refractivity contribution in [2.24, 2.45) is 28.6 Å². The van der Waals surface area contributed by atoms with Gasteiger partial charge in [0.25, 0.3) is 0 Å². The molecule has 4 aliphatic rings. The highest BCUT2D eigenvalue weighted by Crippen LogP contribution is 2.64. The summed E-state index contributed by atoms with van der Waals surface area (Å²) in [5.41, 5.74) is 1.70. The average molecular weight is 328 g/mol. The van der Waals surface area contributed by atoms with Crippen LogP contribution in [0.25, 0.3) is 0 Å². The molecule has 3 heteroatoms. The van der Waals surface area contributed by atoms with Crippen molar-refractivity contribution in [3.05, 3.63) is 23.3 Å². The fourth-order valence-electron chi connectivity index (χ4n) is 6.50. The molecule has 6 atom stereocenters. The Morgan fingerprint density at radius 3 is 2.71 bits per heavy atom. The lowest BCUT2D eigenvalue weighted by Gasteiger charge is -2.59. The van der Waals surface area contributed by atoms with E-state index in [-0.39, 0.29) is 11.2 Å². The fraction of sp³-hybridized carbons (Fsp3) is 0.714. The topological polar surface area (TPSA) is 54.4 Å². The van der Waals surface area contributed by atoms with Crippen molar-refractivity contribution in [1.29, 1.82) is 0 Å². The van der Waals surface area contributed by atoms with Gasteiger partial charge in [0.15, 0.2) is 5.78 Å². The van der Waals surface area contributed by atoms with E-state index in [1.54, 1.807) is 6.92 Å². The number of aliphatic hydroxyl groups is 1. The Morgan fingerprint density at radius 1 is 1.25 bits per heavy atom. The van der Waals surface area contributed by atoms with Crippen LogP contribution >= 0.6 is 0 Å². The average Bonchev–Trinajstić information content (AvgIpc) is 2.88. The zero-order valence-electron chi connectivity index (χ0n) is 15.0. The molecule has 130 valence electrons. The Labute approximate surface area is 144 Å². The summed E-state index contributed by atoms with van der Waals surface area (Å²) < 4.78 is 0. The maximum Gasteiger partial charge on any atom is 0.156 e. The Bertz CT molecular complexity index is 673. The molecule has 0 saturated heterocycles. The molecule has 4 aliphatic carbocycles. The Balaban J connectivity index is 1.71. The third-order valence-corrected chi connectivity index (χ3v) is 8.02. The summed E-state index contributed by atoms with van der Waals surface area (Å²) in [6, 6.07) is 0. The number of Topliss-reactive ketones (excluding diaryl/α,β-unsaturated/α-hetero) is 2. The van der Waals surface area contributed by atoms with Crippen LogP contribution in [-0.4, -0.2) is 22.8 Å². The summed E-state index contributed by atoms with van der Waals surface area (Å²) in [6.45, 7) is 6.02. The van der Waals surface area contributed by atoms with Crippen molar-refractivity contribution < 1.29 is 14.7 Å². The smallest absolute Gasteiger partial charge is 0.156 e. The molecule has 0 amide bonds. The Kier molecular flexibility index (Phi) is 3.48. The summed E-state index contributed by atoms with van der Waals surface area (Å²) in [6.07, 6.45) is 8.88. The van der Waals surface area contributed by atoms with Crippen LogP contribution in [0.4, 0.5) is 0 Å². The van der Waals surface area contributed by atoms with Gasteiger partial charge in [0.2, 0.25) is 0 Å². The maximum absolute atomic E-state index is 12.1. The molecule has 3 fully saturated rings. The molecular formula is C21H28O3. The summed E-state index contributed by atoms with van der Waals surface area (Å²) in [4.78, 5) is 24.0. The molecule has 0 bridgehead atoms. The van der Waals surface area contributed by atoms with Crippen molar-refractivity contribution >= 4 is 11.6 Å². The lowest BCUT2D eigenvalue weighted by atomic mass is 9.45. The Hall–Kier alpha value is -1.22.